The number of nitrogens with zero attached hydrogens (tertiary/aromatic N) is 3. The number of carbonyl (C=O) groups excluding carboxylic acids is 3. The van der Waals surface area contributed by atoms with E-state index < -0.39 is 18.1 Å². The Kier molecular flexibility index (Phi) is 7.35. The maximum absolute atomic E-state index is 13.0. The van der Waals surface area contributed by atoms with Crippen molar-refractivity contribution in [2.75, 3.05) is 32.1 Å². The number of amides is 2. The van der Waals surface area contributed by atoms with E-state index in [1.165, 1.54) is 4.90 Å². The molecule has 9 heteroatoms. The van der Waals surface area contributed by atoms with Crippen molar-refractivity contribution in [2.45, 2.75) is 50.2 Å². The summed E-state index contributed by atoms with van der Waals surface area (Å²) in [6.07, 6.45) is 3.41. The van der Waals surface area contributed by atoms with Gasteiger partial charge in [-0.05, 0) is 44.1 Å². The minimum Gasteiger partial charge on any atom is -0.464 e. The van der Waals surface area contributed by atoms with Gasteiger partial charge in [0.2, 0.25) is 0 Å². The molecule has 1 unspecified atom stereocenters. The molecule has 2 aliphatic heterocycles. The summed E-state index contributed by atoms with van der Waals surface area (Å²) in [6, 6.07) is 2.74. The molecule has 2 saturated heterocycles. The van der Waals surface area contributed by atoms with Crippen LogP contribution in [-0.2, 0) is 14.3 Å². The van der Waals surface area contributed by atoms with E-state index in [1.54, 1.807) is 35.8 Å². The zero-order valence-corrected chi connectivity index (χ0v) is 17.7. The molecule has 3 heterocycles. The van der Waals surface area contributed by atoms with Crippen LogP contribution in [0.25, 0.3) is 0 Å². The van der Waals surface area contributed by atoms with Gasteiger partial charge in [0, 0.05) is 25.3 Å². The summed E-state index contributed by atoms with van der Waals surface area (Å²) in [6.45, 7) is 5.12. The topological polar surface area (TPSA) is 89.0 Å². The van der Waals surface area contributed by atoms with Gasteiger partial charge in [0.05, 0.1) is 12.2 Å². The molecule has 0 bridgehead atoms. The highest BCUT2D eigenvalue weighted by molar-refractivity contribution is 7.99. The third kappa shape index (κ3) is 4.83. The van der Waals surface area contributed by atoms with E-state index in [2.05, 4.69) is 11.9 Å². The second-order valence-electron chi connectivity index (χ2n) is 6.98. The first-order valence-corrected chi connectivity index (χ1v) is 11.0. The average Bonchev–Trinajstić information content (AvgIpc) is 3.14. The Hall–Kier alpha value is -2.29. The van der Waals surface area contributed by atoms with Crippen molar-refractivity contribution in [3.63, 3.8) is 0 Å². The monoisotopic (exact) mass is 421 g/mol. The Balaban J connectivity index is 1.64. The number of carbonyl (C=O) groups is 3. The van der Waals surface area contributed by atoms with E-state index in [1.807, 2.05) is 6.07 Å². The van der Waals surface area contributed by atoms with E-state index >= 15 is 0 Å². The van der Waals surface area contributed by atoms with Crippen molar-refractivity contribution < 1.29 is 23.9 Å². The Labute approximate surface area is 174 Å². The summed E-state index contributed by atoms with van der Waals surface area (Å²) in [5.74, 6) is 0.428. The van der Waals surface area contributed by atoms with Crippen LogP contribution in [-0.4, -0.2) is 76.9 Å². The van der Waals surface area contributed by atoms with Gasteiger partial charge in [0.15, 0.2) is 6.04 Å². The van der Waals surface area contributed by atoms with Crippen molar-refractivity contribution in [3.05, 3.63) is 23.9 Å². The zero-order chi connectivity index (χ0) is 20.8. The first kappa shape index (κ1) is 21.4. The quantitative estimate of drug-likeness (QED) is 0.494. The van der Waals surface area contributed by atoms with Crippen molar-refractivity contribution in [1.82, 2.24) is 14.8 Å². The number of hydrogen-bond donors (Lipinski definition) is 0. The highest BCUT2D eigenvalue weighted by atomic mass is 32.2. The second kappa shape index (κ2) is 9.96. The minimum atomic E-state index is -0.704. The van der Waals surface area contributed by atoms with Gasteiger partial charge in [0.1, 0.15) is 11.6 Å². The van der Waals surface area contributed by atoms with Crippen LogP contribution in [0.15, 0.2) is 23.4 Å². The molecular formula is C20H27N3O5S. The molecule has 0 radical (unpaired) electrons. The van der Waals surface area contributed by atoms with Crippen LogP contribution < -0.4 is 0 Å². The van der Waals surface area contributed by atoms with Gasteiger partial charge in [-0.2, -0.15) is 0 Å². The summed E-state index contributed by atoms with van der Waals surface area (Å²) in [5.41, 5.74) is 0.620. The highest BCUT2D eigenvalue weighted by Gasteiger charge is 2.44. The third-order valence-electron chi connectivity index (χ3n) is 5.06. The first-order chi connectivity index (χ1) is 14.1. The number of cyclic esters (lactones) is 1. The van der Waals surface area contributed by atoms with Crippen LogP contribution in [0.5, 0.6) is 0 Å². The number of rotatable bonds is 7. The average molecular weight is 422 g/mol. The Morgan fingerprint density at radius 1 is 1.31 bits per heavy atom. The fourth-order valence-corrected chi connectivity index (χ4v) is 4.48. The van der Waals surface area contributed by atoms with Crippen LogP contribution >= 0.6 is 11.8 Å². The van der Waals surface area contributed by atoms with E-state index in [4.69, 9.17) is 9.47 Å². The highest BCUT2D eigenvalue weighted by Crippen LogP contribution is 2.27. The molecule has 158 valence electrons. The smallest absolute Gasteiger partial charge is 0.410 e. The maximum atomic E-state index is 13.0. The molecule has 3 rings (SSSR count). The molecule has 8 nitrogen and oxygen atoms in total. The SMILES string of the molecule is CCCSc1ncccc1C(=O)N1CCC(N2C(=O)OCC2C(=O)OCC)CC1. The van der Waals surface area contributed by atoms with Gasteiger partial charge in [0.25, 0.3) is 5.91 Å². The first-order valence-electron chi connectivity index (χ1n) is 10.1. The maximum Gasteiger partial charge on any atom is 0.410 e. The van der Waals surface area contributed by atoms with Crippen molar-refractivity contribution in [3.8, 4) is 0 Å². The molecule has 0 N–H and O–H groups in total. The number of aromatic nitrogens is 1. The number of likely N-dealkylation sites (tertiary alicyclic amines) is 1. The molecule has 0 spiro atoms. The largest absolute Gasteiger partial charge is 0.464 e. The van der Waals surface area contributed by atoms with Crippen LogP contribution in [0.2, 0.25) is 0 Å². The van der Waals surface area contributed by atoms with Crippen LogP contribution in [0.1, 0.15) is 43.5 Å². The van der Waals surface area contributed by atoms with Crippen molar-refractivity contribution >= 4 is 29.7 Å². The molecule has 0 aromatic carbocycles. The summed E-state index contributed by atoms with van der Waals surface area (Å²) >= 11 is 1.59. The number of hydrogen-bond acceptors (Lipinski definition) is 7. The lowest BCUT2D eigenvalue weighted by molar-refractivity contribution is -0.148. The fraction of sp³-hybridized carbons (Fsp3) is 0.600. The summed E-state index contributed by atoms with van der Waals surface area (Å²) in [5, 5.41) is 0.756. The van der Waals surface area contributed by atoms with Crippen molar-refractivity contribution in [2.24, 2.45) is 0 Å². The molecule has 2 aliphatic rings. The van der Waals surface area contributed by atoms with Gasteiger partial charge in [-0.1, -0.05) is 6.92 Å². The lowest BCUT2D eigenvalue weighted by atomic mass is 10.0. The lowest BCUT2D eigenvalue weighted by Crippen LogP contribution is -2.52. The normalized spacial score (nSPS) is 19.9. The van der Waals surface area contributed by atoms with E-state index in [0.717, 1.165) is 17.2 Å². The number of pyridine rings is 1. The summed E-state index contributed by atoms with van der Waals surface area (Å²) < 4.78 is 10.2. The Morgan fingerprint density at radius 3 is 2.76 bits per heavy atom. The van der Waals surface area contributed by atoms with Crippen LogP contribution in [0, 0.1) is 0 Å². The summed E-state index contributed by atoms with van der Waals surface area (Å²) in [4.78, 5) is 45.0. The molecule has 0 saturated carbocycles. The van der Waals surface area contributed by atoms with E-state index in [-0.39, 0.29) is 25.2 Å². The number of esters is 1. The standard InChI is InChI=1S/C20H27N3O5S/c1-3-12-29-17-15(6-5-9-21-17)18(24)22-10-7-14(8-11-22)23-16(13-28-20(23)26)19(25)27-4-2/h5-6,9,14,16H,3-4,7-8,10-13H2,1-2H3. The lowest BCUT2D eigenvalue weighted by Gasteiger charge is -2.37. The molecular weight excluding hydrogens is 394 g/mol. The van der Waals surface area contributed by atoms with Gasteiger partial charge in [-0.15, -0.1) is 11.8 Å². The van der Waals surface area contributed by atoms with Gasteiger partial charge in [-0.25, -0.2) is 14.6 Å². The Bertz CT molecular complexity index is 751. The van der Waals surface area contributed by atoms with E-state index in [9.17, 15) is 14.4 Å². The fourth-order valence-electron chi connectivity index (χ4n) is 3.64. The molecule has 0 aliphatic carbocycles. The van der Waals surface area contributed by atoms with Crippen LogP contribution in [0.3, 0.4) is 0 Å². The van der Waals surface area contributed by atoms with Crippen LogP contribution in [0.4, 0.5) is 4.79 Å². The number of ether oxygens (including phenoxy) is 2. The van der Waals surface area contributed by atoms with Crippen molar-refractivity contribution in [1.29, 1.82) is 0 Å². The second-order valence-corrected chi connectivity index (χ2v) is 8.06. The Morgan fingerprint density at radius 2 is 2.07 bits per heavy atom. The number of thioether (sulfide) groups is 1. The molecule has 1 aromatic heterocycles. The van der Waals surface area contributed by atoms with Gasteiger partial charge in [-0.3, -0.25) is 9.69 Å². The molecule has 29 heavy (non-hydrogen) atoms. The molecule has 2 fully saturated rings. The molecule has 2 amide bonds. The minimum absolute atomic E-state index is 0.0184. The molecule has 1 atom stereocenters. The third-order valence-corrected chi connectivity index (χ3v) is 6.27. The predicted molar refractivity (Wildman–Crippen MR) is 108 cm³/mol. The van der Waals surface area contributed by atoms with Gasteiger partial charge >= 0.3 is 12.1 Å². The van der Waals surface area contributed by atoms with Gasteiger partial charge < -0.3 is 14.4 Å². The zero-order valence-electron chi connectivity index (χ0n) is 16.8. The van der Waals surface area contributed by atoms with E-state index in [0.29, 0.717) is 31.5 Å². The number of piperidine rings is 1. The summed E-state index contributed by atoms with van der Waals surface area (Å²) in [7, 11) is 0. The molecule has 1 aromatic rings. The predicted octanol–water partition coefficient (Wildman–Crippen LogP) is 2.57.